The monoisotopic (exact) mass is 521 g/mol. The lowest BCUT2D eigenvalue weighted by molar-refractivity contribution is -0.155. The maximum absolute atomic E-state index is 12.7. The molecular weight excluding hydrogens is 482 g/mol. The Labute approximate surface area is 210 Å². The lowest BCUT2D eigenvalue weighted by atomic mass is 10.0. The molecule has 0 bridgehead atoms. The third kappa shape index (κ3) is 19.5. The molecular formula is C23H39NO12. The summed E-state index contributed by atoms with van der Waals surface area (Å²) < 4.78 is 21.5. The molecule has 0 atom stereocenters. The van der Waals surface area contributed by atoms with Crippen molar-refractivity contribution in [2.75, 3.05) is 39.6 Å². The molecule has 0 aliphatic heterocycles. The standard InChI is InChI=1S/C23H39NO12/c1-22(2,3)36-21(32)7-5-4-6-17(25)24-23(14-33-11-8-18(26)27,15-34-12-9-19(28)29)16-35-13-10-20(30)31/h4-16H2,1-3H3,(H,24,25)(H,26,27)(H,28,29)(H,30,31). The molecule has 0 aromatic heterocycles. The van der Waals surface area contributed by atoms with E-state index in [1.165, 1.54) is 0 Å². The van der Waals surface area contributed by atoms with Gasteiger partial charge in [0.15, 0.2) is 0 Å². The zero-order valence-electron chi connectivity index (χ0n) is 21.2. The fourth-order valence-electron chi connectivity index (χ4n) is 2.82. The molecule has 0 radical (unpaired) electrons. The van der Waals surface area contributed by atoms with Gasteiger partial charge in [-0.3, -0.25) is 24.0 Å². The second kappa shape index (κ2) is 17.6. The molecule has 0 rings (SSSR count). The van der Waals surface area contributed by atoms with Crippen LogP contribution in [0.3, 0.4) is 0 Å². The zero-order valence-corrected chi connectivity index (χ0v) is 21.2. The average molecular weight is 522 g/mol. The molecule has 36 heavy (non-hydrogen) atoms. The molecule has 0 spiro atoms. The van der Waals surface area contributed by atoms with Gasteiger partial charge in [0, 0.05) is 12.8 Å². The number of hydrogen-bond donors (Lipinski definition) is 4. The van der Waals surface area contributed by atoms with Crippen molar-refractivity contribution in [2.24, 2.45) is 0 Å². The largest absolute Gasteiger partial charge is 0.481 e. The van der Waals surface area contributed by atoms with Crippen molar-refractivity contribution in [1.29, 1.82) is 0 Å². The van der Waals surface area contributed by atoms with Crippen molar-refractivity contribution >= 4 is 29.8 Å². The highest BCUT2D eigenvalue weighted by Crippen LogP contribution is 2.13. The topological polar surface area (TPSA) is 195 Å². The number of amides is 1. The van der Waals surface area contributed by atoms with Gasteiger partial charge in [-0.1, -0.05) is 0 Å². The zero-order chi connectivity index (χ0) is 27.6. The van der Waals surface area contributed by atoms with E-state index in [1.54, 1.807) is 20.8 Å². The maximum Gasteiger partial charge on any atom is 0.306 e. The molecule has 0 aliphatic carbocycles. The highest BCUT2D eigenvalue weighted by atomic mass is 16.6. The number of aliphatic carboxylic acids is 3. The molecule has 13 heteroatoms. The van der Waals surface area contributed by atoms with Gasteiger partial charge in [0.1, 0.15) is 11.1 Å². The van der Waals surface area contributed by atoms with Crippen LogP contribution in [0, 0.1) is 0 Å². The predicted octanol–water partition coefficient (Wildman–Crippen LogP) is 1.22. The van der Waals surface area contributed by atoms with Crippen LogP contribution in [-0.2, 0) is 42.9 Å². The van der Waals surface area contributed by atoms with Crippen LogP contribution >= 0.6 is 0 Å². The van der Waals surface area contributed by atoms with E-state index >= 15 is 0 Å². The van der Waals surface area contributed by atoms with E-state index in [9.17, 15) is 24.0 Å². The molecule has 0 aromatic rings. The number of rotatable bonds is 21. The Kier molecular flexibility index (Phi) is 16.3. The quantitative estimate of drug-likeness (QED) is 0.125. The van der Waals surface area contributed by atoms with Gasteiger partial charge >= 0.3 is 23.9 Å². The lowest BCUT2D eigenvalue weighted by Gasteiger charge is -2.34. The van der Waals surface area contributed by atoms with Crippen LogP contribution in [0.15, 0.2) is 0 Å². The molecule has 0 saturated carbocycles. The summed E-state index contributed by atoms with van der Waals surface area (Å²) >= 11 is 0. The van der Waals surface area contributed by atoms with E-state index in [1.807, 2.05) is 0 Å². The first-order chi connectivity index (χ1) is 16.7. The molecule has 13 nitrogen and oxygen atoms in total. The first kappa shape index (κ1) is 33.2. The second-order valence-electron chi connectivity index (χ2n) is 9.21. The van der Waals surface area contributed by atoms with Gasteiger partial charge in [-0.25, -0.2) is 0 Å². The summed E-state index contributed by atoms with van der Waals surface area (Å²) in [7, 11) is 0. The summed E-state index contributed by atoms with van der Waals surface area (Å²) in [6.45, 7) is 4.14. The number of nitrogens with one attached hydrogen (secondary N) is 1. The fourth-order valence-corrected chi connectivity index (χ4v) is 2.82. The van der Waals surface area contributed by atoms with Crippen LogP contribution in [0.5, 0.6) is 0 Å². The Morgan fingerprint density at radius 2 is 1.03 bits per heavy atom. The fraction of sp³-hybridized carbons (Fsp3) is 0.783. The SMILES string of the molecule is CC(C)(C)OC(=O)CCCCC(=O)NC(COCCC(=O)O)(COCCC(=O)O)COCCC(=O)O. The van der Waals surface area contributed by atoms with Crippen molar-refractivity contribution in [3.05, 3.63) is 0 Å². The summed E-state index contributed by atoms with van der Waals surface area (Å²) in [5.41, 5.74) is -1.92. The van der Waals surface area contributed by atoms with Crippen LogP contribution in [0.4, 0.5) is 0 Å². The van der Waals surface area contributed by atoms with E-state index in [0.29, 0.717) is 12.8 Å². The Hall–Kier alpha value is -2.77. The maximum atomic E-state index is 12.7. The van der Waals surface area contributed by atoms with Gasteiger partial charge in [-0.05, 0) is 33.6 Å². The van der Waals surface area contributed by atoms with Crippen LogP contribution in [0.25, 0.3) is 0 Å². The lowest BCUT2D eigenvalue weighted by Crippen LogP contribution is -2.58. The van der Waals surface area contributed by atoms with Crippen LogP contribution < -0.4 is 5.32 Å². The highest BCUT2D eigenvalue weighted by molar-refractivity contribution is 5.77. The first-order valence-electron chi connectivity index (χ1n) is 11.7. The summed E-state index contributed by atoms with van der Waals surface area (Å²) in [6, 6.07) is 0. The van der Waals surface area contributed by atoms with E-state index in [2.05, 4.69) is 5.32 Å². The summed E-state index contributed by atoms with van der Waals surface area (Å²) in [4.78, 5) is 56.8. The summed E-state index contributed by atoms with van der Waals surface area (Å²) in [5, 5.41) is 29.2. The summed E-state index contributed by atoms with van der Waals surface area (Å²) in [6.07, 6.45) is 0.126. The van der Waals surface area contributed by atoms with E-state index in [4.69, 9.17) is 34.3 Å². The number of unbranched alkanes of at least 4 members (excludes halogenated alkanes) is 1. The molecule has 0 heterocycles. The van der Waals surface area contributed by atoms with Gasteiger partial charge in [0.2, 0.25) is 5.91 Å². The van der Waals surface area contributed by atoms with Crippen molar-refractivity contribution in [1.82, 2.24) is 5.32 Å². The van der Waals surface area contributed by atoms with Crippen LogP contribution in [0.1, 0.15) is 65.7 Å². The molecule has 1 amide bonds. The first-order valence-corrected chi connectivity index (χ1v) is 11.7. The third-order valence-electron chi connectivity index (χ3n) is 4.38. The number of hydrogen-bond acceptors (Lipinski definition) is 9. The van der Waals surface area contributed by atoms with E-state index in [-0.39, 0.29) is 77.7 Å². The normalized spacial score (nSPS) is 11.6. The summed E-state index contributed by atoms with van der Waals surface area (Å²) in [5.74, 6) is -4.03. The van der Waals surface area contributed by atoms with Crippen molar-refractivity contribution in [2.45, 2.75) is 76.9 Å². The van der Waals surface area contributed by atoms with E-state index < -0.39 is 35.0 Å². The van der Waals surface area contributed by atoms with Gasteiger partial charge in [0.05, 0.1) is 58.9 Å². The van der Waals surface area contributed by atoms with Crippen molar-refractivity contribution in [3.8, 4) is 0 Å². The van der Waals surface area contributed by atoms with E-state index in [0.717, 1.165) is 0 Å². The van der Waals surface area contributed by atoms with Gasteiger partial charge in [0.25, 0.3) is 0 Å². The number of esters is 1. The van der Waals surface area contributed by atoms with Crippen molar-refractivity contribution < 1.29 is 58.2 Å². The van der Waals surface area contributed by atoms with Gasteiger partial charge < -0.3 is 39.6 Å². The molecule has 0 unspecified atom stereocenters. The number of carboxylic acids is 3. The number of carbonyl (C=O) groups is 5. The number of carbonyl (C=O) groups excluding carboxylic acids is 2. The van der Waals surface area contributed by atoms with Gasteiger partial charge in [-0.2, -0.15) is 0 Å². The Morgan fingerprint density at radius 1 is 0.639 bits per heavy atom. The molecule has 0 aliphatic rings. The van der Waals surface area contributed by atoms with Gasteiger partial charge in [-0.15, -0.1) is 0 Å². The number of carboxylic acid groups (broad SMARTS) is 3. The Bertz CT molecular complexity index is 661. The minimum absolute atomic E-state index is 0.0456. The smallest absolute Gasteiger partial charge is 0.306 e. The second-order valence-corrected chi connectivity index (χ2v) is 9.21. The highest BCUT2D eigenvalue weighted by Gasteiger charge is 2.34. The van der Waals surface area contributed by atoms with Crippen LogP contribution in [0.2, 0.25) is 0 Å². The Morgan fingerprint density at radius 3 is 1.39 bits per heavy atom. The number of ether oxygens (including phenoxy) is 4. The molecule has 0 aromatic carbocycles. The minimum atomic E-state index is -1.32. The Balaban J connectivity index is 5.13. The molecule has 0 saturated heterocycles. The molecule has 208 valence electrons. The average Bonchev–Trinajstić information content (AvgIpc) is 2.73. The minimum Gasteiger partial charge on any atom is -0.481 e. The molecule has 4 N–H and O–H groups in total. The third-order valence-corrected chi connectivity index (χ3v) is 4.38. The molecule has 0 fully saturated rings. The van der Waals surface area contributed by atoms with Crippen molar-refractivity contribution in [3.63, 3.8) is 0 Å². The van der Waals surface area contributed by atoms with Crippen LogP contribution in [-0.4, -0.2) is 95.9 Å². The predicted molar refractivity (Wildman–Crippen MR) is 124 cm³/mol.